The van der Waals surface area contributed by atoms with Crippen molar-refractivity contribution in [3.8, 4) is 0 Å². The van der Waals surface area contributed by atoms with Crippen molar-refractivity contribution >= 4 is 27.3 Å². The van der Waals surface area contributed by atoms with Gasteiger partial charge >= 0.3 is 0 Å². The smallest absolute Gasteiger partial charge is 0.242 e. The van der Waals surface area contributed by atoms with Crippen LogP contribution in [-0.4, -0.2) is 28.7 Å². The summed E-state index contributed by atoms with van der Waals surface area (Å²) < 4.78 is 31.4. The van der Waals surface area contributed by atoms with Gasteiger partial charge < -0.3 is 10.5 Å². The molecule has 102 valence electrons. The SMILES string of the molecule is COCC(C)CNS(=O)(=O)c1ccc(N)cc1Cl. The number of ether oxygens (including phenoxy) is 1. The lowest BCUT2D eigenvalue weighted by molar-refractivity contribution is 0.161. The van der Waals surface area contributed by atoms with Gasteiger partial charge in [0.05, 0.1) is 5.02 Å². The Morgan fingerprint density at radius 3 is 2.72 bits per heavy atom. The minimum Gasteiger partial charge on any atom is -0.399 e. The van der Waals surface area contributed by atoms with E-state index in [1.165, 1.54) is 18.2 Å². The number of hydrogen-bond donors (Lipinski definition) is 2. The second-order valence-electron chi connectivity index (χ2n) is 4.10. The molecular weight excluding hydrogens is 276 g/mol. The second kappa shape index (κ2) is 6.38. The number of nitrogen functional groups attached to an aromatic ring is 1. The van der Waals surface area contributed by atoms with Crippen molar-refractivity contribution in [2.24, 2.45) is 5.92 Å². The molecule has 0 aliphatic rings. The maximum absolute atomic E-state index is 12.0. The van der Waals surface area contributed by atoms with E-state index < -0.39 is 10.0 Å². The normalized spacial score (nSPS) is 13.5. The van der Waals surface area contributed by atoms with Gasteiger partial charge in [-0.25, -0.2) is 13.1 Å². The van der Waals surface area contributed by atoms with Gasteiger partial charge in [-0.05, 0) is 24.1 Å². The van der Waals surface area contributed by atoms with Gasteiger partial charge in [-0.3, -0.25) is 0 Å². The summed E-state index contributed by atoms with van der Waals surface area (Å²) in [4.78, 5) is 0.0305. The highest BCUT2D eigenvalue weighted by atomic mass is 35.5. The first-order valence-corrected chi connectivity index (χ1v) is 7.26. The van der Waals surface area contributed by atoms with Crippen LogP contribution >= 0.6 is 11.6 Å². The van der Waals surface area contributed by atoms with Crippen LogP contribution in [0.5, 0.6) is 0 Å². The number of nitrogens with two attached hydrogens (primary N) is 1. The number of rotatable bonds is 6. The Labute approximate surface area is 112 Å². The van der Waals surface area contributed by atoms with Crippen LogP contribution in [0.1, 0.15) is 6.92 Å². The first kappa shape index (κ1) is 15.2. The lowest BCUT2D eigenvalue weighted by Gasteiger charge is -2.13. The van der Waals surface area contributed by atoms with E-state index >= 15 is 0 Å². The standard InChI is InChI=1S/C11H17ClN2O3S/c1-8(7-17-2)6-14-18(15,16)11-4-3-9(13)5-10(11)12/h3-5,8,14H,6-7,13H2,1-2H3. The number of sulfonamides is 1. The first-order valence-electron chi connectivity index (χ1n) is 5.40. The van der Waals surface area contributed by atoms with E-state index in [4.69, 9.17) is 22.1 Å². The van der Waals surface area contributed by atoms with Crippen LogP contribution in [0, 0.1) is 5.92 Å². The van der Waals surface area contributed by atoms with Crippen LogP contribution in [0.4, 0.5) is 5.69 Å². The highest BCUT2D eigenvalue weighted by molar-refractivity contribution is 7.89. The third-order valence-electron chi connectivity index (χ3n) is 2.32. The molecular formula is C11H17ClN2O3S. The van der Waals surface area contributed by atoms with Crippen molar-refractivity contribution in [2.75, 3.05) is 26.0 Å². The fourth-order valence-electron chi connectivity index (χ4n) is 1.41. The lowest BCUT2D eigenvalue weighted by Crippen LogP contribution is -2.30. The van der Waals surface area contributed by atoms with E-state index in [-0.39, 0.29) is 22.4 Å². The minimum absolute atomic E-state index is 0.0305. The highest BCUT2D eigenvalue weighted by Crippen LogP contribution is 2.23. The highest BCUT2D eigenvalue weighted by Gasteiger charge is 2.18. The summed E-state index contributed by atoms with van der Waals surface area (Å²) in [6, 6.07) is 4.30. The van der Waals surface area contributed by atoms with Crippen LogP contribution in [0.25, 0.3) is 0 Å². The van der Waals surface area contributed by atoms with Crippen molar-refractivity contribution in [1.82, 2.24) is 4.72 Å². The number of hydrogen-bond acceptors (Lipinski definition) is 4. The molecule has 1 aromatic rings. The molecule has 0 saturated carbocycles. The molecule has 1 rings (SSSR count). The average molecular weight is 293 g/mol. The predicted molar refractivity (Wildman–Crippen MR) is 72.1 cm³/mol. The Morgan fingerprint density at radius 2 is 2.17 bits per heavy atom. The molecule has 0 spiro atoms. The molecule has 0 heterocycles. The maximum atomic E-state index is 12.0. The molecule has 0 bridgehead atoms. The summed E-state index contributed by atoms with van der Waals surface area (Å²) in [5, 5.41) is 0.113. The second-order valence-corrected chi connectivity index (χ2v) is 6.24. The van der Waals surface area contributed by atoms with E-state index in [9.17, 15) is 8.42 Å². The Hall–Kier alpha value is -0.820. The number of anilines is 1. The molecule has 18 heavy (non-hydrogen) atoms. The summed E-state index contributed by atoms with van der Waals surface area (Å²) in [6.07, 6.45) is 0. The maximum Gasteiger partial charge on any atom is 0.242 e. The van der Waals surface area contributed by atoms with Crippen LogP contribution < -0.4 is 10.5 Å². The van der Waals surface area contributed by atoms with Crippen LogP contribution in [0.2, 0.25) is 5.02 Å². The quantitative estimate of drug-likeness (QED) is 0.778. The van der Waals surface area contributed by atoms with Gasteiger partial charge in [0.15, 0.2) is 0 Å². The largest absolute Gasteiger partial charge is 0.399 e. The monoisotopic (exact) mass is 292 g/mol. The van der Waals surface area contributed by atoms with Gasteiger partial charge in [0.2, 0.25) is 10.0 Å². The summed E-state index contributed by atoms with van der Waals surface area (Å²) >= 11 is 5.87. The summed E-state index contributed by atoms with van der Waals surface area (Å²) in [5.41, 5.74) is 5.94. The Balaban J connectivity index is 2.80. The molecule has 0 fully saturated rings. The fraction of sp³-hybridized carbons (Fsp3) is 0.455. The van der Waals surface area contributed by atoms with Gasteiger partial charge in [0.1, 0.15) is 4.90 Å². The van der Waals surface area contributed by atoms with E-state index in [0.29, 0.717) is 12.3 Å². The molecule has 0 saturated heterocycles. The molecule has 7 heteroatoms. The fourth-order valence-corrected chi connectivity index (χ4v) is 3.12. The molecule has 1 unspecified atom stereocenters. The molecule has 3 N–H and O–H groups in total. The molecule has 0 aliphatic carbocycles. The van der Waals surface area contributed by atoms with E-state index in [0.717, 1.165) is 0 Å². The van der Waals surface area contributed by atoms with E-state index in [2.05, 4.69) is 4.72 Å². The lowest BCUT2D eigenvalue weighted by atomic mass is 10.2. The molecule has 5 nitrogen and oxygen atoms in total. The van der Waals surface area contributed by atoms with Crippen molar-refractivity contribution < 1.29 is 13.2 Å². The van der Waals surface area contributed by atoms with Gasteiger partial charge in [0.25, 0.3) is 0 Å². The van der Waals surface area contributed by atoms with E-state index in [1.54, 1.807) is 7.11 Å². The number of halogens is 1. The molecule has 0 aromatic heterocycles. The van der Waals surface area contributed by atoms with Crippen molar-refractivity contribution in [1.29, 1.82) is 0 Å². The third-order valence-corrected chi connectivity index (χ3v) is 4.22. The molecule has 1 aromatic carbocycles. The van der Waals surface area contributed by atoms with Crippen LogP contribution in [-0.2, 0) is 14.8 Å². The topological polar surface area (TPSA) is 81.4 Å². The molecule has 0 aliphatic heterocycles. The van der Waals surface area contributed by atoms with Crippen molar-refractivity contribution in [3.05, 3.63) is 23.2 Å². The average Bonchev–Trinajstić information content (AvgIpc) is 2.26. The first-order chi connectivity index (χ1) is 8.36. The molecule has 0 radical (unpaired) electrons. The number of benzene rings is 1. The van der Waals surface area contributed by atoms with Crippen LogP contribution in [0.3, 0.4) is 0 Å². The van der Waals surface area contributed by atoms with E-state index in [1.807, 2.05) is 6.92 Å². The third kappa shape index (κ3) is 4.13. The Kier molecular flexibility index (Phi) is 5.40. The van der Waals surface area contributed by atoms with Crippen molar-refractivity contribution in [2.45, 2.75) is 11.8 Å². The Morgan fingerprint density at radius 1 is 1.50 bits per heavy atom. The molecule has 1 atom stereocenters. The zero-order chi connectivity index (χ0) is 13.8. The number of nitrogens with one attached hydrogen (secondary N) is 1. The van der Waals surface area contributed by atoms with Gasteiger partial charge in [-0.1, -0.05) is 18.5 Å². The molecule has 0 amide bonds. The summed E-state index contributed by atoms with van der Waals surface area (Å²) in [6.45, 7) is 2.66. The zero-order valence-corrected chi connectivity index (χ0v) is 11.9. The summed E-state index contributed by atoms with van der Waals surface area (Å²) in [7, 11) is -2.04. The van der Waals surface area contributed by atoms with Gasteiger partial charge in [0, 0.05) is 25.9 Å². The van der Waals surface area contributed by atoms with Crippen LogP contribution in [0.15, 0.2) is 23.1 Å². The Bertz CT molecular complexity index is 505. The zero-order valence-electron chi connectivity index (χ0n) is 10.3. The van der Waals surface area contributed by atoms with Gasteiger partial charge in [-0.2, -0.15) is 0 Å². The number of methoxy groups -OCH3 is 1. The minimum atomic E-state index is -3.61. The predicted octanol–water partition coefficient (Wildman–Crippen LogP) is 1.48. The van der Waals surface area contributed by atoms with Crippen molar-refractivity contribution in [3.63, 3.8) is 0 Å². The summed E-state index contributed by atoms with van der Waals surface area (Å²) in [5.74, 6) is 0.0809. The van der Waals surface area contributed by atoms with Gasteiger partial charge in [-0.15, -0.1) is 0 Å².